The van der Waals surface area contributed by atoms with Crippen molar-refractivity contribution in [3.63, 3.8) is 0 Å². The molecule has 1 saturated heterocycles. The summed E-state index contributed by atoms with van der Waals surface area (Å²) in [5.41, 5.74) is 0.934. The highest BCUT2D eigenvalue weighted by Crippen LogP contribution is 2.21. The van der Waals surface area contributed by atoms with Crippen molar-refractivity contribution in [2.24, 2.45) is 0 Å². The molecule has 1 aromatic heterocycles. The van der Waals surface area contributed by atoms with Gasteiger partial charge in [0.1, 0.15) is 11.6 Å². The van der Waals surface area contributed by atoms with Crippen LogP contribution in [0.25, 0.3) is 0 Å². The molecule has 8 nitrogen and oxygen atoms in total. The standard InChI is InChI=1S/C21H28N6O2/c1-29-18-8-6-17(7-9-18)23-19-10-11-22-20(25-19)26-12-14-27(15-13-26)21(28)24-16-4-2-3-5-16/h6-11,16H,2-5,12-15H2,1H3,(H,24,28)(H,22,23,25). The van der Waals surface area contributed by atoms with Crippen molar-refractivity contribution in [2.45, 2.75) is 31.7 Å². The van der Waals surface area contributed by atoms with Gasteiger partial charge in [0.15, 0.2) is 0 Å². The summed E-state index contributed by atoms with van der Waals surface area (Å²) in [6.07, 6.45) is 6.41. The molecule has 2 amide bonds. The van der Waals surface area contributed by atoms with Crippen LogP contribution in [-0.2, 0) is 0 Å². The van der Waals surface area contributed by atoms with Crippen LogP contribution in [0.5, 0.6) is 5.75 Å². The van der Waals surface area contributed by atoms with Gasteiger partial charge in [0.25, 0.3) is 0 Å². The number of rotatable bonds is 5. The Bertz CT molecular complexity index is 814. The van der Waals surface area contributed by atoms with Crippen molar-refractivity contribution in [2.75, 3.05) is 43.5 Å². The van der Waals surface area contributed by atoms with E-state index in [1.807, 2.05) is 35.2 Å². The van der Waals surface area contributed by atoms with E-state index < -0.39 is 0 Å². The lowest BCUT2D eigenvalue weighted by molar-refractivity contribution is 0.190. The molecule has 4 rings (SSSR count). The zero-order valence-electron chi connectivity index (χ0n) is 16.8. The second-order valence-electron chi connectivity index (χ2n) is 7.50. The lowest BCUT2D eigenvalue weighted by atomic mass is 10.2. The molecule has 154 valence electrons. The summed E-state index contributed by atoms with van der Waals surface area (Å²) >= 11 is 0. The predicted octanol–water partition coefficient (Wildman–Crippen LogP) is 3.00. The van der Waals surface area contributed by atoms with Gasteiger partial charge in [-0.15, -0.1) is 0 Å². The normalized spacial score (nSPS) is 17.3. The Labute approximate surface area is 171 Å². The number of aromatic nitrogens is 2. The fourth-order valence-corrected chi connectivity index (χ4v) is 3.84. The maximum absolute atomic E-state index is 12.4. The molecule has 2 aliphatic rings. The zero-order chi connectivity index (χ0) is 20.1. The Hall–Kier alpha value is -3.03. The number of methoxy groups -OCH3 is 1. The first-order valence-corrected chi connectivity index (χ1v) is 10.3. The monoisotopic (exact) mass is 396 g/mol. The molecule has 2 N–H and O–H groups in total. The summed E-state index contributed by atoms with van der Waals surface area (Å²) in [4.78, 5) is 25.5. The van der Waals surface area contributed by atoms with E-state index in [2.05, 4.69) is 25.5 Å². The van der Waals surface area contributed by atoms with E-state index in [1.165, 1.54) is 12.8 Å². The molecule has 1 aliphatic carbocycles. The Morgan fingerprint density at radius 3 is 2.48 bits per heavy atom. The zero-order valence-corrected chi connectivity index (χ0v) is 16.8. The molecule has 2 fully saturated rings. The number of anilines is 3. The average molecular weight is 396 g/mol. The topological polar surface area (TPSA) is 82.6 Å². The number of benzene rings is 1. The second kappa shape index (κ2) is 8.98. The first-order chi connectivity index (χ1) is 14.2. The van der Waals surface area contributed by atoms with Gasteiger partial charge in [-0.25, -0.2) is 9.78 Å². The molecule has 29 heavy (non-hydrogen) atoms. The summed E-state index contributed by atoms with van der Waals surface area (Å²) in [5, 5.41) is 6.46. The largest absolute Gasteiger partial charge is 0.497 e. The quantitative estimate of drug-likeness (QED) is 0.809. The third kappa shape index (κ3) is 4.88. The Balaban J connectivity index is 1.32. The maximum Gasteiger partial charge on any atom is 0.317 e. The van der Waals surface area contributed by atoms with Gasteiger partial charge in [-0.2, -0.15) is 4.98 Å². The molecular weight excluding hydrogens is 368 g/mol. The van der Waals surface area contributed by atoms with E-state index in [9.17, 15) is 4.79 Å². The molecule has 8 heteroatoms. The van der Waals surface area contributed by atoms with Crippen molar-refractivity contribution in [1.82, 2.24) is 20.2 Å². The van der Waals surface area contributed by atoms with Gasteiger partial charge in [-0.1, -0.05) is 12.8 Å². The minimum Gasteiger partial charge on any atom is -0.497 e. The maximum atomic E-state index is 12.4. The SMILES string of the molecule is COc1ccc(Nc2ccnc(N3CCN(C(=O)NC4CCCC4)CC3)n2)cc1. The highest BCUT2D eigenvalue weighted by molar-refractivity contribution is 5.75. The average Bonchev–Trinajstić information content (AvgIpc) is 3.28. The summed E-state index contributed by atoms with van der Waals surface area (Å²) in [6, 6.07) is 9.96. The first kappa shape index (κ1) is 19.3. The summed E-state index contributed by atoms with van der Waals surface area (Å²) in [5.74, 6) is 2.23. The molecule has 1 aromatic carbocycles. The van der Waals surface area contributed by atoms with Crippen LogP contribution < -0.4 is 20.3 Å². The molecule has 2 aromatic rings. The predicted molar refractivity (Wildman–Crippen MR) is 113 cm³/mol. The van der Waals surface area contributed by atoms with Crippen LogP contribution in [0.4, 0.5) is 22.2 Å². The summed E-state index contributed by atoms with van der Waals surface area (Å²) in [7, 11) is 1.65. The van der Waals surface area contributed by atoms with Crippen molar-refractivity contribution in [3.8, 4) is 5.75 Å². The third-order valence-corrected chi connectivity index (χ3v) is 5.54. The fraction of sp³-hybridized carbons (Fsp3) is 0.476. The lowest BCUT2D eigenvalue weighted by Crippen LogP contribution is -2.53. The van der Waals surface area contributed by atoms with Crippen LogP contribution in [0, 0.1) is 0 Å². The minimum atomic E-state index is 0.0624. The summed E-state index contributed by atoms with van der Waals surface area (Å²) in [6.45, 7) is 2.81. The van der Waals surface area contributed by atoms with Gasteiger partial charge in [0.2, 0.25) is 5.95 Å². The molecule has 1 saturated carbocycles. The van der Waals surface area contributed by atoms with Crippen molar-refractivity contribution < 1.29 is 9.53 Å². The van der Waals surface area contributed by atoms with Gasteiger partial charge < -0.3 is 25.2 Å². The molecule has 0 radical (unpaired) electrons. The Morgan fingerprint density at radius 2 is 1.79 bits per heavy atom. The third-order valence-electron chi connectivity index (χ3n) is 5.54. The van der Waals surface area contributed by atoms with E-state index >= 15 is 0 Å². The smallest absolute Gasteiger partial charge is 0.317 e. The molecule has 0 spiro atoms. The molecular formula is C21H28N6O2. The summed E-state index contributed by atoms with van der Waals surface area (Å²) < 4.78 is 5.19. The van der Waals surface area contributed by atoms with Gasteiger partial charge in [-0.3, -0.25) is 0 Å². The van der Waals surface area contributed by atoms with Gasteiger partial charge in [-0.05, 0) is 43.2 Å². The molecule has 2 heterocycles. The van der Waals surface area contributed by atoms with Crippen LogP contribution in [0.1, 0.15) is 25.7 Å². The van der Waals surface area contributed by atoms with E-state index in [0.717, 1.165) is 43.2 Å². The Morgan fingerprint density at radius 1 is 1.07 bits per heavy atom. The molecule has 0 atom stereocenters. The van der Waals surface area contributed by atoms with Crippen LogP contribution >= 0.6 is 0 Å². The van der Waals surface area contributed by atoms with E-state index in [4.69, 9.17) is 4.74 Å². The van der Waals surface area contributed by atoms with E-state index in [-0.39, 0.29) is 6.03 Å². The number of hydrogen-bond donors (Lipinski definition) is 2. The van der Waals surface area contributed by atoms with Crippen LogP contribution in [-0.4, -0.2) is 60.2 Å². The number of ether oxygens (including phenoxy) is 1. The molecule has 0 bridgehead atoms. The number of piperazine rings is 1. The van der Waals surface area contributed by atoms with Gasteiger partial charge in [0, 0.05) is 44.1 Å². The number of nitrogens with zero attached hydrogens (tertiary/aromatic N) is 4. The van der Waals surface area contributed by atoms with Crippen molar-refractivity contribution in [3.05, 3.63) is 36.5 Å². The molecule has 0 unspecified atom stereocenters. The first-order valence-electron chi connectivity index (χ1n) is 10.3. The van der Waals surface area contributed by atoms with Gasteiger partial charge in [0.05, 0.1) is 7.11 Å². The highest BCUT2D eigenvalue weighted by atomic mass is 16.5. The molecule has 1 aliphatic heterocycles. The second-order valence-corrected chi connectivity index (χ2v) is 7.50. The van der Waals surface area contributed by atoms with Crippen LogP contribution in [0.15, 0.2) is 36.5 Å². The number of carbonyl (C=O) groups excluding carboxylic acids is 1. The number of urea groups is 1. The van der Waals surface area contributed by atoms with Crippen molar-refractivity contribution in [1.29, 1.82) is 0 Å². The lowest BCUT2D eigenvalue weighted by Gasteiger charge is -2.35. The van der Waals surface area contributed by atoms with Crippen molar-refractivity contribution >= 4 is 23.5 Å². The van der Waals surface area contributed by atoms with Gasteiger partial charge >= 0.3 is 6.03 Å². The number of amides is 2. The number of hydrogen-bond acceptors (Lipinski definition) is 6. The van der Waals surface area contributed by atoms with E-state index in [1.54, 1.807) is 13.3 Å². The van der Waals surface area contributed by atoms with Crippen LogP contribution in [0.2, 0.25) is 0 Å². The minimum absolute atomic E-state index is 0.0624. The highest BCUT2D eigenvalue weighted by Gasteiger charge is 2.25. The number of nitrogens with one attached hydrogen (secondary N) is 2. The fourth-order valence-electron chi connectivity index (χ4n) is 3.84. The van der Waals surface area contributed by atoms with Crippen LogP contribution in [0.3, 0.4) is 0 Å². The number of carbonyl (C=O) groups is 1. The Kier molecular flexibility index (Phi) is 5.97. The van der Waals surface area contributed by atoms with E-state index in [0.29, 0.717) is 25.1 Å².